The number of aromatic nitrogens is 2. The summed E-state index contributed by atoms with van der Waals surface area (Å²) in [5, 5.41) is 2.91. The second-order valence-electron chi connectivity index (χ2n) is 4.57. The fourth-order valence-corrected chi connectivity index (χ4v) is 1.95. The Hall–Kier alpha value is -1.88. The van der Waals surface area contributed by atoms with Crippen molar-refractivity contribution < 1.29 is 4.79 Å². The smallest absolute Gasteiger partial charge is 0.231 e. The molecular weight excluding hydrogens is 216 g/mol. The van der Waals surface area contributed by atoms with Gasteiger partial charge in [-0.15, -0.1) is 0 Å². The largest absolute Gasteiger partial charge is 0.345 e. The molecule has 0 radical (unpaired) electrons. The predicted molar refractivity (Wildman–Crippen MR) is 65.4 cm³/mol. The van der Waals surface area contributed by atoms with Crippen molar-refractivity contribution in [1.29, 1.82) is 0 Å². The second kappa shape index (κ2) is 3.56. The summed E-state index contributed by atoms with van der Waals surface area (Å²) in [5.74, 6) is 0.0267. The van der Waals surface area contributed by atoms with E-state index in [0.717, 1.165) is 29.6 Å². The number of aromatic amines is 1. The van der Waals surface area contributed by atoms with Crippen LogP contribution in [0.25, 0.3) is 11.0 Å². The fourth-order valence-electron chi connectivity index (χ4n) is 1.95. The zero-order valence-corrected chi connectivity index (χ0v) is 9.36. The van der Waals surface area contributed by atoms with Gasteiger partial charge in [-0.1, -0.05) is 0 Å². The molecule has 1 saturated carbocycles. The van der Waals surface area contributed by atoms with E-state index in [4.69, 9.17) is 5.73 Å². The molecule has 4 N–H and O–H groups in total. The zero-order chi connectivity index (χ0) is 11.9. The summed E-state index contributed by atoms with van der Waals surface area (Å²) >= 11 is 0. The zero-order valence-electron chi connectivity index (χ0n) is 9.36. The second-order valence-corrected chi connectivity index (χ2v) is 4.57. The van der Waals surface area contributed by atoms with E-state index in [9.17, 15) is 4.79 Å². The van der Waals surface area contributed by atoms with E-state index in [1.54, 1.807) is 6.33 Å². The van der Waals surface area contributed by atoms with Crippen LogP contribution in [-0.4, -0.2) is 22.4 Å². The number of carbonyl (C=O) groups excluding carboxylic acids is 1. The molecule has 0 spiro atoms. The van der Waals surface area contributed by atoms with Crippen molar-refractivity contribution in [3.8, 4) is 0 Å². The maximum atomic E-state index is 12.0. The van der Waals surface area contributed by atoms with Crippen LogP contribution in [0, 0.1) is 5.41 Å². The Labute approximate surface area is 98.4 Å². The SMILES string of the molecule is NCC1(C(=O)Nc2ccc3nc[nH]c3c2)CC1. The van der Waals surface area contributed by atoms with Crippen LogP contribution >= 0.6 is 0 Å². The van der Waals surface area contributed by atoms with Crippen molar-refractivity contribution >= 4 is 22.6 Å². The van der Waals surface area contributed by atoms with Gasteiger partial charge in [0.15, 0.2) is 0 Å². The molecule has 17 heavy (non-hydrogen) atoms. The number of imidazole rings is 1. The molecule has 1 aliphatic carbocycles. The number of benzene rings is 1. The molecule has 5 nitrogen and oxygen atoms in total. The van der Waals surface area contributed by atoms with Gasteiger partial charge in [0.2, 0.25) is 5.91 Å². The number of hydrogen-bond acceptors (Lipinski definition) is 3. The number of hydrogen-bond donors (Lipinski definition) is 3. The number of amides is 1. The van der Waals surface area contributed by atoms with Crippen LogP contribution in [0.2, 0.25) is 0 Å². The molecule has 1 aliphatic rings. The van der Waals surface area contributed by atoms with Crippen LogP contribution < -0.4 is 11.1 Å². The molecule has 3 rings (SSSR count). The first kappa shape index (κ1) is 10.3. The molecule has 1 aromatic carbocycles. The number of carbonyl (C=O) groups is 1. The summed E-state index contributed by atoms with van der Waals surface area (Å²) in [4.78, 5) is 19.1. The van der Waals surface area contributed by atoms with Crippen molar-refractivity contribution in [2.24, 2.45) is 11.1 Å². The molecule has 1 fully saturated rings. The molecule has 0 bridgehead atoms. The van der Waals surface area contributed by atoms with Gasteiger partial charge in [0.1, 0.15) is 0 Å². The van der Waals surface area contributed by atoms with Gasteiger partial charge in [-0.3, -0.25) is 4.79 Å². The van der Waals surface area contributed by atoms with Crippen molar-refractivity contribution in [2.45, 2.75) is 12.8 Å². The van der Waals surface area contributed by atoms with Crippen LogP contribution in [-0.2, 0) is 4.79 Å². The minimum atomic E-state index is -0.317. The molecule has 5 heteroatoms. The lowest BCUT2D eigenvalue weighted by atomic mass is 10.1. The van der Waals surface area contributed by atoms with Gasteiger partial charge in [0.05, 0.1) is 22.8 Å². The lowest BCUT2D eigenvalue weighted by molar-refractivity contribution is -0.120. The van der Waals surface area contributed by atoms with Crippen LogP contribution in [0.1, 0.15) is 12.8 Å². The highest BCUT2D eigenvalue weighted by Gasteiger charge is 2.48. The quantitative estimate of drug-likeness (QED) is 0.741. The molecule has 1 aromatic heterocycles. The first-order valence-corrected chi connectivity index (χ1v) is 5.68. The van der Waals surface area contributed by atoms with Crippen molar-refractivity contribution in [2.75, 3.05) is 11.9 Å². The summed E-state index contributed by atoms with van der Waals surface area (Å²) in [6.45, 7) is 0.422. The summed E-state index contributed by atoms with van der Waals surface area (Å²) in [5.41, 5.74) is 7.90. The molecule has 88 valence electrons. The average Bonchev–Trinajstić information content (AvgIpc) is 3.01. The Kier molecular flexibility index (Phi) is 2.16. The van der Waals surface area contributed by atoms with Gasteiger partial charge in [-0.25, -0.2) is 4.98 Å². The number of fused-ring (bicyclic) bond motifs is 1. The third kappa shape index (κ3) is 1.68. The van der Waals surface area contributed by atoms with Gasteiger partial charge >= 0.3 is 0 Å². The summed E-state index contributed by atoms with van der Waals surface area (Å²) < 4.78 is 0. The summed E-state index contributed by atoms with van der Waals surface area (Å²) in [6, 6.07) is 5.62. The van der Waals surface area contributed by atoms with Crippen molar-refractivity contribution in [3.63, 3.8) is 0 Å². The van der Waals surface area contributed by atoms with Crippen LogP contribution in [0.4, 0.5) is 5.69 Å². The third-order valence-corrected chi connectivity index (χ3v) is 3.40. The van der Waals surface area contributed by atoms with Gasteiger partial charge < -0.3 is 16.0 Å². The predicted octanol–water partition coefficient (Wildman–Crippen LogP) is 1.24. The Balaban J connectivity index is 1.82. The highest BCUT2D eigenvalue weighted by atomic mass is 16.2. The summed E-state index contributed by atoms with van der Waals surface area (Å²) in [7, 11) is 0. The lowest BCUT2D eigenvalue weighted by Crippen LogP contribution is -2.30. The summed E-state index contributed by atoms with van der Waals surface area (Å²) in [6.07, 6.45) is 3.42. The third-order valence-electron chi connectivity index (χ3n) is 3.40. The Morgan fingerprint density at radius 3 is 3.06 bits per heavy atom. The maximum Gasteiger partial charge on any atom is 0.231 e. The van der Waals surface area contributed by atoms with E-state index in [1.807, 2.05) is 18.2 Å². The molecule has 1 heterocycles. The Bertz CT molecular complexity index is 571. The first-order valence-electron chi connectivity index (χ1n) is 5.68. The number of nitrogens with two attached hydrogens (primary N) is 1. The normalized spacial score (nSPS) is 17.0. The minimum absolute atomic E-state index is 0.0267. The highest BCUT2D eigenvalue weighted by Crippen LogP contribution is 2.45. The van der Waals surface area contributed by atoms with Gasteiger partial charge in [-0.2, -0.15) is 0 Å². The van der Waals surface area contributed by atoms with Crippen LogP contribution in [0.5, 0.6) is 0 Å². The maximum absolute atomic E-state index is 12.0. The average molecular weight is 230 g/mol. The molecule has 0 atom stereocenters. The fraction of sp³-hybridized carbons (Fsp3) is 0.333. The van der Waals surface area contributed by atoms with E-state index < -0.39 is 0 Å². The molecule has 2 aromatic rings. The van der Waals surface area contributed by atoms with E-state index in [1.165, 1.54) is 0 Å². The van der Waals surface area contributed by atoms with Crippen LogP contribution in [0.3, 0.4) is 0 Å². The van der Waals surface area contributed by atoms with Gasteiger partial charge in [-0.05, 0) is 31.0 Å². The van der Waals surface area contributed by atoms with Crippen LogP contribution in [0.15, 0.2) is 24.5 Å². The van der Waals surface area contributed by atoms with Gasteiger partial charge in [0, 0.05) is 12.2 Å². The molecule has 0 aliphatic heterocycles. The van der Waals surface area contributed by atoms with E-state index in [2.05, 4.69) is 15.3 Å². The number of nitrogens with one attached hydrogen (secondary N) is 2. The molecular formula is C12H14N4O. The number of nitrogens with zero attached hydrogens (tertiary/aromatic N) is 1. The van der Waals surface area contributed by atoms with E-state index >= 15 is 0 Å². The lowest BCUT2D eigenvalue weighted by Gasteiger charge is -2.12. The highest BCUT2D eigenvalue weighted by molar-refractivity contribution is 5.98. The standard InChI is InChI=1S/C12H14N4O/c13-6-12(3-4-12)11(17)16-8-1-2-9-10(5-8)15-7-14-9/h1-2,5,7H,3-4,6,13H2,(H,14,15)(H,16,17). The van der Waals surface area contributed by atoms with Crippen molar-refractivity contribution in [1.82, 2.24) is 9.97 Å². The number of anilines is 1. The molecule has 0 unspecified atom stereocenters. The van der Waals surface area contributed by atoms with E-state index in [-0.39, 0.29) is 11.3 Å². The molecule has 1 amide bonds. The van der Waals surface area contributed by atoms with Gasteiger partial charge in [0.25, 0.3) is 0 Å². The first-order chi connectivity index (χ1) is 8.23. The Morgan fingerprint density at radius 2 is 2.35 bits per heavy atom. The Morgan fingerprint density at radius 1 is 1.53 bits per heavy atom. The molecule has 0 saturated heterocycles. The minimum Gasteiger partial charge on any atom is -0.345 e. The number of rotatable bonds is 3. The van der Waals surface area contributed by atoms with Crippen molar-refractivity contribution in [3.05, 3.63) is 24.5 Å². The monoisotopic (exact) mass is 230 g/mol. The number of H-pyrrole nitrogens is 1. The van der Waals surface area contributed by atoms with E-state index in [0.29, 0.717) is 6.54 Å². The topological polar surface area (TPSA) is 83.8 Å².